The largest absolute Gasteiger partial charge is 0.352 e. The molecule has 0 radical (unpaired) electrons. The van der Waals surface area contributed by atoms with Crippen LogP contribution in [0, 0.1) is 0 Å². The zero-order valence-corrected chi connectivity index (χ0v) is 23.0. The summed E-state index contributed by atoms with van der Waals surface area (Å²) in [7, 11) is 0. The highest BCUT2D eigenvalue weighted by atomic mass is 35.5. The maximum absolute atomic E-state index is 13.6. The van der Waals surface area contributed by atoms with Crippen LogP contribution in [-0.2, 0) is 28.3 Å². The smallest absolute Gasteiger partial charge is 0.243 e. The second-order valence-electron chi connectivity index (χ2n) is 8.79. The topological polar surface area (TPSA) is 49.4 Å². The standard InChI is InChI=1S/C29H32Cl2N2O2S/c1-3-21(2)32-29(35)27(17-22-8-5-4-6-9-22)33(18-23-12-14-25(30)15-13-23)28(34)20-36-19-24-10-7-11-26(31)16-24/h4-16,21,27H,3,17-20H2,1-2H3,(H,32,35). The van der Waals surface area contributed by atoms with E-state index in [1.165, 1.54) is 11.8 Å². The highest BCUT2D eigenvalue weighted by Crippen LogP contribution is 2.21. The van der Waals surface area contributed by atoms with Crippen LogP contribution in [0.4, 0.5) is 0 Å². The molecule has 0 bridgehead atoms. The molecule has 2 unspecified atom stereocenters. The predicted octanol–water partition coefficient (Wildman–Crippen LogP) is 6.78. The van der Waals surface area contributed by atoms with Crippen LogP contribution in [0.1, 0.15) is 37.0 Å². The zero-order chi connectivity index (χ0) is 25.9. The molecule has 3 aromatic carbocycles. The lowest BCUT2D eigenvalue weighted by Gasteiger charge is -2.32. The van der Waals surface area contributed by atoms with Gasteiger partial charge in [0.25, 0.3) is 0 Å². The summed E-state index contributed by atoms with van der Waals surface area (Å²) in [6.45, 7) is 4.32. The number of benzene rings is 3. The molecule has 3 aromatic rings. The Morgan fingerprint density at radius 3 is 2.25 bits per heavy atom. The van der Waals surface area contributed by atoms with Crippen LogP contribution in [0.15, 0.2) is 78.9 Å². The van der Waals surface area contributed by atoms with E-state index in [4.69, 9.17) is 23.2 Å². The summed E-state index contributed by atoms with van der Waals surface area (Å²) in [4.78, 5) is 28.8. The van der Waals surface area contributed by atoms with E-state index in [1.807, 2.05) is 80.6 Å². The second kappa shape index (κ2) is 14.3. The van der Waals surface area contributed by atoms with Gasteiger partial charge in [0.2, 0.25) is 11.8 Å². The molecule has 36 heavy (non-hydrogen) atoms. The van der Waals surface area contributed by atoms with Gasteiger partial charge in [0.15, 0.2) is 0 Å². The third-order valence-corrected chi connectivity index (χ3v) is 7.40. The minimum atomic E-state index is -0.642. The molecule has 7 heteroatoms. The minimum absolute atomic E-state index is 0.0143. The highest BCUT2D eigenvalue weighted by molar-refractivity contribution is 7.99. The highest BCUT2D eigenvalue weighted by Gasteiger charge is 2.30. The van der Waals surface area contributed by atoms with Gasteiger partial charge in [0.05, 0.1) is 5.75 Å². The number of hydrogen-bond acceptors (Lipinski definition) is 3. The van der Waals surface area contributed by atoms with Crippen molar-refractivity contribution >= 4 is 46.8 Å². The van der Waals surface area contributed by atoms with Crippen LogP contribution in [0.5, 0.6) is 0 Å². The van der Waals surface area contributed by atoms with E-state index in [0.717, 1.165) is 23.1 Å². The van der Waals surface area contributed by atoms with E-state index in [-0.39, 0.29) is 23.6 Å². The van der Waals surface area contributed by atoms with Gasteiger partial charge in [-0.3, -0.25) is 9.59 Å². The van der Waals surface area contributed by atoms with Crippen LogP contribution in [-0.4, -0.2) is 34.6 Å². The van der Waals surface area contributed by atoms with Crippen molar-refractivity contribution in [2.24, 2.45) is 0 Å². The molecule has 0 fully saturated rings. The molecule has 0 saturated carbocycles. The maximum Gasteiger partial charge on any atom is 0.243 e. The van der Waals surface area contributed by atoms with Crippen molar-refractivity contribution < 1.29 is 9.59 Å². The Bertz CT molecular complexity index is 1130. The lowest BCUT2D eigenvalue weighted by atomic mass is 10.0. The first kappa shape index (κ1) is 28.1. The minimum Gasteiger partial charge on any atom is -0.352 e. The molecule has 2 atom stereocenters. The van der Waals surface area contributed by atoms with E-state index in [9.17, 15) is 9.59 Å². The number of nitrogens with one attached hydrogen (secondary N) is 1. The Hall–Kier alpha value is -2.47. The number of carbonyl (C=O) groups is 2. The summed E-state index contributed by atoms with van der Waals surface area (Å²) in [5.74, 6) is 0.679. The van der Waals surface area contributed by atoms with E-state index in [0.29, 0.717) is 28.8 Å². The average molecular weight is 544 g/mol. The number of rotatable bonds is 12. The lowest BCUT2D eigenvalue weighted by molar-refractivity contribution is -0.139. The fraction of sp³-hybridized carbons (Fsp3) is 0.310. The molecule has 0 aliphatic rings. The summed E-state index contributed by atoms with van der Waals surface area (Å²) in [5.41, 5.74) is 2.98. The Balaban J connectivity index is 1.85. The van der Waals surface area contributed by atoms with E-state index in [2.05, 4.69) is 5.32 Å². The number of hydrogen-bond donors (Lipinski definition) is 1. The number of thioether (sulfide) groups is 1. The molecule has 0 spiro atoms. The van der Waals surface area contributed by atoms with Crippen LogP contribution < -0.4 is 5.32 Å². The Kier molecular flexibility index (Phi) is 11.2. The fourth-order valence-corrected chi connectivity index (χ4v) is 4.94. The molecule has 0 saturated heterocycles. The van der Waals surface area contributed by atoms with Crippen molar-refractivity contribution in [3.05, 3.63) is 106 Å². The number of nitrogens with zero attached hydrogens (tertiary/aromatic N) is 1. The molecular formula is C29H32Cl2N2O2S. The first-order valence-electron chi connectivity index (χ1n) is 12.1. The van der Waals surface area contributed by atoms with E-state index >= 15 is 0 Å². The van der Waals surface area contributed by atoms with Gasteiger partial charge in [0.1, 0.15) is 6.04 Å². The maximum atomic E-state index is 13.6. The molecule has 0 aliphatic carbocycles. The van der Waals surface area contributed by atoms with Crippen molar-refractivity contribution in [1.82, 2.24) is 10.2 Å². The first-order chi connectivity index (χ1) is 17.4. The normalized spacial score (nSPS) is 12.6. The van der Waals surface area contributed by atoms with Gasteiger partial charge in [-0.2, -0.15) is 0 Å². The van der Waals surface area contributed by atoms with Gasteiger partial charge in [-0.1, -0.05) is 84.7 Å². The molecule has 4 nitrogen and oxygen atoms in total. The van der Waals surface area contributed by atoms with Gasteiger partial charge >= 0.3 is 0 Å². The van der Waals surface area contributed by atoms with Gasteiger partial charge in [0, 0.05) is 34.8 Å². The lowest BCUT2D eigenvalue weighted by Crippen LogP contribution is -2.52. The van der Waals surface area contributed by atoms with Crippen molar-refractivity contribution in [2.45, 2.75) is 51.1 Å². The summed E-state index contributed by atoms with van der Waals surface area (Å²) in [5, 5.41) is 4.40. The molecule has 3 rings (SSSR count). The van der Waals surface area contributed by atoms with Crippen LogP contribution in [0.25, 0.3) is 0 Å². The second-order valence-corrected chi connectivity index (χ2v) is 10.7. The van der Waals surface area contributed by atoms with Crippen LogP contribution in [0.3, 0.4) is 0 Å². The molecule has 0 aliphatic heterocycles. The van der Waals surface area contributed by atoms with Crippen molar-refractivity contribution in [2.75, 3.05) is 5.75 Å². The van der Waals surface area contributed by atoms with Gasteiger partial charge in [-0.15, -0.1) is 11.8 Å². The Morgan fingerprint density at radius 2 is 1.58 bits per heavy atom. The number of halogens is 2. The van der Waals surface area contributed by atoms with E-state index in [1.54, 1.807) is 17.0 Å². The number of amides is 2. The predicted molar refractivity (Wildman–Crippen MR) is 151 cm³/mol. The van der Waals surface area contributed by atoms with E-state index < -0.39 is 6.04 Å². The summed E-state index contributed by atoms with van der Waals surface area (Å²) >= 11 is 13.7. The van der Waals surface area contributed by atoms with Gasteiger partial charge in [-0.05, 0) is 54.3 Å². The van der Waals surface area contributed by atoms with Crippen molar-refractivity contribution in [3.63, 3.8) is 0 Å². The Morgan fingerprint density at radius 1 is 0.889 bits per heavy atom. The summed E-state index contributed by atoms with van der Waals surface area (Å²) in [6, 6.07) is 24.2. The molecule has 1 N–H and O–H groups in total. The zero-order valence-electron chi connectivity index (χ0n) is 20.6. The third kappa shape index (κ3) is 8.88. The molecule has 0 aromatic heterocycles. The molecule has 2 amide bonds. The van der Waals surface area contributed by atoms with Crippen molar-refractivity contribution in [3.8, 4) is 0 Å². The van der Waals surface area contributed by atoms with Crippen molar-refractivity contribution in [1.29, 1.82) is 0 Å². The summed E-state index contributed by atoms with van der Waals surface area (Å²) in [6.07, 6.45) is 1.24. The van der Waals surface area contributed by atoms with Crippen LogP contribution >= 0.6 is 35.0 Å². The molecular weight excluding hydrogens is 511 g/mol. The molecule has 0 heterocycles. The average Bonchev–Trinajstić information content (AvgIpc) is 2.87. The SMILES string of the molecule is CCC(C)NC(=O)C(Cc1ccccc1)N(Cc1ccc(Cl)cc1)C(=O)CSCc1cccc(Cl)c1. The molecule has 190 valence electrons. The summed E-state index contributed by atoms with van der Waals surface area (Å²) < 4.78 is 0. The van der Waals surface area contributed by atoms with Crippen LogP contribution in [0.2, 0.25) is 10.0 Å². The number of carbonyl (C=O) groups excluding carboxylic acids is 2. The quantitative estimate of drug-likeness (QED) is 0.274. The fourth-order valence-electron chi connectivity index (χ4n) is 3.75. The Labute approximate surface area is 228 Å². The van der Waals surface area contributed by atoms with Gasteiger partial charge < -0.3 is 10.2 Å². The first-order valence-corrected chi connectivity index (χ1v) is 14.0. The monoisotopic (exact) mass is 542 g/mol. The third-order valence-electron chi connectivity index (χ3n) is 5.92. The van der Waals surface area contributed by atoms with Gasteiger partial charge in [-0.25, -0.2) is 0 Å².